The van der Waals surface area contributed by atoms with E-state index in [4.69, 9.17) is 0 Å². The minimum atomic E-state index is -3.01. The van der Waals surface area contributed by atoms with Gasteiger partial charge in [0.2, 0.25) is 5.91 Å². The number of carbonyl (C=O) groups excluding carboxylic acids is 1. The number of rotatable bonds is 5. The van der Waals surface area contributed by atoms with Gasteiger partial charge in [0.25, 0.3) is 0 Å². The fraction of sp³-hybridized carbons (Fsp3) is 0.500. The number of carbonyl (C=O) groups is 1. The molecule has 1 aliphatic rings. The van der Waals surface area contributed by atoms with Crippen molar-refractivity contribution in [1.82, 2.24) is 14.9 Å². The number of aryl methyl sites for hydroxylation is 2. The molecule has 1 N–H and O–H groups in total. The zero-order valence-electron chi connectivity index (χ0n) is 13.2. The number of sulfone groups is 1. The Bertz CT molecular complexity index is 826. The predicted octanol–water partition coefficient (Wildman–Crippen LogP) is 1.29. The van der Waals surface area contributed by atoms with Crippen LogP contribution in [0, 0.1) is 12.8 Å². The first-order chi connectivity index (χ1) is 11.0. The minimum absolute atomic E-state index is 0.00982. The van der Waals surface area contributed by atoms with Crippen molar-refractivity contribution in [3.8, 4) is 0 Å². The molecule has 1 saturated heterocycles. The van der Waals surface area contributed by atoms with Crippen molar-refractivity contribution >= 4 is 26.8 Å². The summed E-state index contributed by atoms with van der Waals surface area (Å²) in [5, 5.41) is 2.86. The molecule has 0 aliphatic carbocycles. The van der Waals surface area contributed by atoms with Crippen molar-refractivity contribution in [2.75, 3.05) is 18.1 Å². The van der Waals surface area contributed by atoms with E-state index < -0.39 is 9.84 Å². The lowest BCUT2D eigenvalue weighted by atomic mass is 10.1. The molecule has 2 heterocycles. The van der Waals surface area contributed by atoms with Crippen LogP contribution in [-0.4, -0.2) is 41.9 Å². The Morgan fingerprint density at radius 3 is 2.91 bits per heavy atom. The van der Waals surface area contributed by atoms with Gasteiger partial charge in [-0.15, -0.1) is 0 Å². The molecule has 124 valence electrons. The van der Waals surface area contributed by atoms with Crippen molar-refractivity contribution in [2.45, 2.75) is 26.3 Å². The molecule has 7 heteroatoms. The molecule has 0 unspecified atom stereocenters. The summed E-state index contributed by atoms with van der Waals surface area (Å²) < 4.78 is 24.9. The second kappa shape index (κ2) is 6.31. The third-order valence-corrected chi connectivity index (χ3v) is 6.07. The Morgan fingerprint density at radius 1 is 1.39 bits per heavy atom. The predicted molar refractivity (Wildman–Crippen MR) is 88.9 cm³/mol. The average molecular weight is 335 g/mol. The molecule has 0 spiro atoms. The molecular weight excluding hydrogens is 314 g/mol. The lowest BCUT2D eigenvalue weighted by Crippen LogP contribution is -2.32. The topological polar surface area (TPSA) is 81.1 Å². The normalized spacial score (nSPS) is 20.0. The van der Waals surface area contributed by atoms with E-state index in [-0.39, 0.29) is 23.3 Å². The minimum Gasteiger partial charge on any atom is -0.356 e. The van der Waals surface area contributed by atoms with Gasteiger partial charge in [0.1, 0.15) is 5.82 Å². The molecule has 1 fully saturated rings. The van der Waals surface area contributed by atoms with Crippen LogP contribution in [0.3, 0.4) is 0 Å². The molecule has 0 radical (unpaired) electrons. The largest absolute Gasteiger partial charge is 0.356 e. The van der Waals surface area contributed by atoms with E-state index in [1.54, 1.807) is 0 Å². The Morgan fingerprint density at radius 2 is 2.17 bits per heavy atom. The zero-order chi connectivity index (χ0) is 16.4. The maximum Gasteiger partial charge on any atom is 0.224 e. The van der Waals surface area contributed by atoms with Crippen molar-refractivity contribution in [3.63, 3.8) is 0 Å². The van der Waals surface area contributed by atoms with Crippen LogP contribution < -0.4 is 5.32 Å². The van der Waals surface area contributed by atoms with E-state index in [0.29, 0.717) is 13.0 Å². The van der Waals surface area contributed by atoms with Crippen LogP contribution in [0.4, 0.5) is 0 Å². The molecule has 3 rings (SSSR count). The van der Waals surface area contributed by atoms with Crippen LogP contribution >= 0.6 is 0 Å². The van der Waals surface area contributed by atoms with Crippen molar-refractivity contribution in [1.29, 1.82) is 0 Å². The molecule has 1 atom stereocenters. The van der Waals surface area contributed by atoms with Gasteiger partial charge < -0.3 is 9.88 Å². The van der Waals surface area contributed by atoms with E-state index in [0.717, 1.165) is 29.8 Å². The summed E-state index contributed by atoms with van der Waals surface area (Å²) in [5.41, 5.74) is 2.07. The fourth-order valence-corrected chi connectivity index (χ4v) is 4.81. The van der Waals surface area contributed by atoms with E-state index in [2.05, 4.69) is 14.9 Å². The molecule has 1 aromatic heterocycles. The SMILES string of the molecule is Cc1nc2ccccc2n1CCCNC(=O)[C@@H]1CCS(=O)(=O)C1. The quantitative estimate of drug-likeness (QED) is 0.835. The highest BCUT2D eigenvalue weighted by Crippen LogP contribution is 2.18. The summed E-state index contributed by atoms with van der Waals surface area (Å²) in [6, 6.07) is 7.98. The Labute approximate surface area is 135 Å². The molecular formula is C16H21N3O3S. The van der Waals surface area contributed by atoms with Crippen LogP contribution in [0.2, 0.25) is 0 Å². The lowest BCUT2D eigenvalue weighted by Gasteiger charge is -2.10. The van der Waals surface area contributed by atoms with E-state index in [1.807, 2.05) is 31.2 Å². The van der Waals surface area contributed by atoms with Gasteiger partial charge in [0.05, 0.1) is 28.5 Å². The van der Waals surface area contributed by atoms with Crippen molar-refractivity contribution in [3.05, 3.63) is 30.1 Å². The Hall–Kier alpha value is -1.89. The van der Waals surface area contributed by atoms with Crippen LogP contribution in [0.1, 0.15) is 18.7 Å². The number of para-hydroxylation sites is 2. The first-order valence-electron chi connectivity index (χ1n) is 7.86. The third kappa shape index (κ3) is 3.55. The van der Waals surface area contributed by atoms with Gasteiger partial charge in [0.15, 0.2) is 9.84 Å². The second-order valence-corrected chi connectivity index (χ2v) is 8.27. The van der Waals surface area contributed by atoms with Crippen LogP contribution in [-0.2, 0) is 21.2 Å². The average Bonchev–Trinajstić information content (AvgIpc) is 3.03. The number of amides is 1. The fourth-order valence-electron chi connectivity index (χ4n) is 3.07. The van der Waals surface area contributed by atoms with Crippen molar-refractivity contribution in [2.24, 2.45) is 5.92 Å². The highest BCUT2D eigenvalue weighted by Gasteiger charge is 2.32. The number of hydrogen-bond donors (Lipinski definition) is 1. The summed E-state index contributed by atoms with van der Waals surface area (Å²) in [6.45, 7) is 3.29. The van der Waals surface area contributed by atoms with Gasteiger partial charge >= 0.3 is 0 Å². The smallest absolute Gasteiger partial charge is 0.224 e. The summed E-state index contributed by atoms with van der Waals surface area (Å²) >= 11 is 0. The first-order valence-corrected chi connectivity index (χ1v) is 9.68. The van der Waals surface area contributed by atoms with Gasteiger partial charge in [0, 0.05) is 13.1 Å². The van der Waals surface area contributed by atoms with E-state index in [1.165, 1.54) is 0 Å². The maximum atomic E-state index is 12.0. The molecule has 23 heavy (non-hydrogen) atoms. The molecule has 2 aromatic rings. The van der Waals surface area contributed by atoms with Gasteiger partial charge in [-0.2, -0.15) is 0 Å². The van der Waals surface area contributed by atoms with Gasteiger partial charge in [-0.05, 0) is 31.9 Å². The first kappa shape index (κ1) is 16.0. The molecule has 1 aromatic carbocycles. The van der Waals surface area contributed by atoms with E-state index in [9.17, 15) is 13.2 Å². The standard InChI is InChI=1S/C16H21N3O3S/c1-12-18-14-5-2-3-6-15(14)19(12)9-4-8-17-16(20)13-7-10-23(21,22)11-13/h2-3,5-6,13H,4,7-11H2,1H3,(H,17,20)/t13-/m1/s1. The van der Waals surface area contributed by atoms with Crippen LogP contribution in [0.5, 0.6) is 0 Å². The molecule has 0 saturated carbocycles. The number of fused-ring (bicyclic) bond motifs is 1. The number of nitrogens with one attached hydrogen (secondary N) is 1. The third-order valence-electron chi connectivity index (χ3n) is 4.31. The molecule has 6 nitrogen and oxygen atoms in total. The number of benzene rings is 1. The highest BCUT2D eigenvalue weighted by molar-refractivity contribution is 7.91. The number of hydrogen-bond acceptors (Lipinski definition) is 4. The van der Waals surface area contributed by atoms with Gasteiger partial charge in [-0.3, -0.25) is 4.79 Å². The summed E-state index contributed by atoms with van der Waals surface area (Å²) in [5.74, 6) is 0.559. The van der Waals surface area contributed by atoms with E-state index >= 15 is 0 Å². The second-order valence-electron chi connectivity index (χ2n) is 6.04. The zero-order valence-corrected chi connectivity index (χ0v) is 14.0. The highest BCUT2D eigenvalue weighted by atomic mass is 32.2. The van der Waals surface area contributed by atoms with Crippen molar-refractivity contribution < 1.29 is 13.2 Å². The molecule has 1 amide bonds. The maximum absolute atomic E-state index is 12.0. The van der Waals surface area contributed by atoms with Crippen LogP contribution in [0.25, 0.3) is 11.0 Å². The molecule has 0 bridgehead atoms. The summed E-state index contributed by atoms with van der Waals surface area (Å²) in [4.78, 5) is 16.5. The molecule has 1 aliphatic heterocycles. The summed E-state index contributed by atoms with van der Waals surface area (Å²) in [7, 11) is -3.01. The number of aromatic nitrogens is 2. The lowest BCUT2D eigenvalue weighted by molar-refractivity contribution is -0.124. The monoisotopic (exact) mass is 335 g/mol. The Balaban J connectivity index is 1.52. The van der Waals surface area contributed by atoms with Gasteiger partial charge in [-0.25, -0.2) is 13.4 Å². The van der Waals surface area contributed by atoms with Crippen LogP contribution in [0.15, 0.2) is 24.3 Å². The van der Waals surface area contributed by atoms with Gasteiger partial charge in [-0.1, -0.05) is 12.1 Å². The Kier molecular flexibility index (Phi) is 4.39. The number of nitrogens with zero attached hydrogens (tertiary/aromatic N) is 2. The summed E-state index contributed by atoms with van der Waals surface area (Å²) in [6.07, 6.45) is 1.23. The number of imidazole rings is 1.